The van der Waals surface area contributed by atoms with Gasteiger partial charge in [0.15, 0.2) is 6.61 Å². The lowest BCUT2D eigenvalue weighted by Crippen LogP contribution is -2.21. The van der Waals surface area contributed by atoms with Crippen LogP contribution in [-0.4, -0.2) is 12.5 Å². The smallest absolute Gasteiger partial charge is 0.262 e. The molecule has 7 heteroatoms. The van der Waals surface area contributed by atoms with Gasteiger partial charge in [-0.1, -0.05) is 23.2 Å². The van der Waals surface area contributed by atoms with Crippen molar-refractivity contribution in [1.29, 1.82) is 0 Å². The molecule has 0 aliphatic rings. The zero-order chi connectivity index (χ0) is 16.3. The predicted octanol–water partition coefficient (Wildman–Crippen LogP) is 4.60. The number of carbonyl (C=O) groups excluding carboxylic acids is 1. The first-order valence-electron chi connectivity index (χ1n) is 6.20. The number of rotatable bonds is 4. The molecule has 0 heterocycles. The molecule has 0 saturated carbocycles. The Balaban J connectivity index is 2.02. The van der Waals surface area contributed by atoms with Crippen molar-refractivity contribution < 1.29 is 18.3 Å². The van der Waals surface area contributed by atoms with Crippen LogP contribution in [0.1, 0.15) is 5.56 Å². The van der Waals surface area contributed by atoms with E-state index in [1.165, 1.54) is 6.07 Å². The number of amides is 1. The van der Waals surface area contributed by atoms with E-state index in [0.29, 0.717) is 22.4 Å². The largest absolute Gasteiger partial charge is 0.482 e. The highest BCUT2D eigenvalue weighted by molar-refractivity contribution is 6.35. The summed E-state index contributed by atoms with van der Waals surface area (Å²) < 4.78 is 31.5. The summed E-state index contributed by atoms with van der Waals surface area (Å²) in [4.78, 5) is 11.7. The Morgan fingerprint density at radius 1 is 1.23 bits per heavy atom. The van der Waals surface area contributed by atoms with E-state index in [1.807, 2.05) is 0 Å². The van der Waals surface area contributed by atoms with Crippen LogP contribution in [0.2, 0.25) is 10.0 Å². The maximum Gasteiger partial charge on any atom is 0.262 e. The van der Waals surface area contributed by atoms with Gasteiger partial charge >= 0.3 is 0 Å². The number of hydrogen-bond acceptors (Lipinski definition) is 2. The molecule has 0 saturated heterocycles. The second-order valence-electron chi connectivity index (χ2n) is 4.49. The van der Waals surface area contributed by atoms with Crippen LogP contribution in [0.5, 0.6) is 5.75 Å². The van der Waals surface area contributed by atoms with Gasteiger partial charge in [-0.15, -0.1) is 0 Å². The summed E-state index contributed by atoms with van der Waals surface area (Å²) in [5.74, 6) is -1.87. The Labute approximate surface area is 135 Å². The van der Waals surface area contributed by atoms with E-state index in [1.54, 1.807) is 13.0 Å². The Hall–Kier alpha value is -1.85. The first-order chi connectivity index (χ1) is 10.4. The maximum absolute atomic E-state index is 13.4. The highest BCUT2D eigenvalue weighted by Crippen LogP contribution is 2.31. The van der Waals surface area contributed by atoms with Crippen LogP contribution >= 0.6 is 23.2 Å². The molecule has 0 bridgehead atoms. The lowest BCUT2D eigenvalue weighted by Gasteiger charge is -2.12. The van der Waals surface area contributed by atoms with Crippen molar-refractivity contribution in [1.82, 2.24) is 0 Å². The molecule has 0 aromatic heterocycles. The number of ether oxygens (including phenoxy) is 1. The standard InChI is InChI=1S/C15H11Cl2F2NO2/c1-8-4-9(16)5-11(17)15(8)22-7-14(21)20-13-3-2-10(18)6-12(13)19/h2-6H,7H2,1H3,(H,20,21). The van der Waals surface area contributed by atoms with E-state index < -0.39 is 17.5 Å². The number of nitrogens with one attached hydrogen (secondary N) is 1. The van der Waals surface area contributed by atoms with Crippen molar-refractivity contribution in [2.45, 2.75) is 6.92 Å². The normalized spacial score (nSPS) is 10.4. The summed E-state index contributed by atoms with van der Waals surface area (Å²) in [7, 11) is 0. The van der Waals surface area contributed by atoms with Crippen molar-refractivity contribution >= 4 is 34.8 Å². The van der Waals surface area contributed by atoms with Crippen molar-refractivity contribution in [3.05, 3.63) is 57.6 Å². The SMILES string of the molecule is Cc1cc(Cl)cc(Cl)c1OCC(=O)Nc1ccc(F)cc1F. The van der Waals surface area contributed by atoms with Crippen LogP contribution < -0.4 is 10.1 Å². The van der Waals surface area contributed by atoms with Crippen LogP contribution in [0.15, 0.2) is 30.3 Å². The van der Waals surface area contributed by atoms with Crippen LogP contribution in [-0.2, 0) is 4.79 Å². The number of halogens is 4. The Kier molecular flexibility index (Phi) is 5.21. The lowest BCUT2D eigenvalue weighted by molar-refractivity contribution is -0.118. The van der Waals surface area contributed by atoms with Gasteiger partial charge in [0, 0.05) is 11.1 Å². The minimum Gasteiger partial charge on any atom is -0.482 e. The van der Waals surface area contributed by atoms with E-state index in [4.69, 9.17) is 27.9 Å². The third kappa shape index (κ3) is 4.08. The summed E-state index contributed by atoms with van der Waals surface area (Å²) in [5.41, 5.74) is 0.534. The monoisotopic (exact) mass is 345 g/mol. The molecule has 1 amide bonds. The van der Waals surface area contributed by atoms with Gasteiger partial charge in [0.2, 0.25) is 0 Å². The second-order valence-corrected chi connectivity index (χ2v) is 5.34. The first kappa shape index (κ1) is 16.5. The van der Waals surface area contributed by atoms with Crippen molar-refractivity contribution in [3.63, 3.8) is 0 Å². The molecular weight excluding hydrogens is 335 g/mol. The molecule has 0 aliphatic heterocycles. The summed E-state index contributed by atoms with van der Waals surface area (Å²) in [6.45, 7) is 1.35. The van der Waals surface area contributed by atoms with Crippen LogP contribution in [0, 0.1) is 18.6 Å². The van der Waals surface area contributed by atoms with E-state index in [0.717, 1.165) is 12.1 Å². The minimum atomic E-state index is -0.867. The molecule has 2 rings (SSSR count). The number of carbonyl (C=O) groups is 1. The number of aryl methyl sites for hydroxylation is 1. The molecule has 2 aromatic rings. The molecule has 0 fully saturated rings. The van der Waals surface area contributed by atoms with Crippen molar-refractivity contribution in [2.75, 3.05) is 11.9 Å². The van der Waals surface area contributed by atoms with Crippen LogP contribution in [0.4, 0.5) is 14.5 Å². The van der Waals surface area contributed by atoms with Crippen molar-refractivity contribution in [3.8, 4) is 5.75 Å². The molecular formula is C15H11Cl2F2NO2. The molecule has 2 aromatic carbocycles. The maximum atomic E-state index is 13.4. The van der Waals surface area contributed by atoms with E-state index in [2.05, 4.69) is 5.32 Å². The van der Waals surface area contributed by atoms with Gasteiger partial charge in [-0.05, 0) is 36.8 Å². The third-order valence-corrected chi connectivity index (χ3v) is 3.25. The van der Waals surface area contributed by atoms with Gasteiger partial charge in [-0.25, -0.2) is 8.78 Å². The Morgan fingerprint density at radius 2 is 1.95 bits per heavy atom. The fraction of sp³-hybridized carbons (Fsp3) is 0.133. The molecule has 1 N–H and O–H groups in total. The zero-order valence-corrected chi connectivity index (χ0v) is 12.9. The predicted molar refractivity (Wildman–Crippen MR) is 81.7 cm³/mol. The van der Waals surface area contributed by atoms with Crippen molar-refractivity contribution in [2.24, 2.45) is 0 Å². The van der Waals surface area contributed by atoms with Gasteiger partial charge < -0.3 is 10.1 Å². The molecule has 0 radical (unpaired) electrons. The van der Waals surface area contributed by atoms with E-state index in [-0.39, 0.29) is 17.3 Å². The minimum absolute atomic E-state index is 0.131. The van der Waals surface area contributed by atoms with E-state index >= 15 is 0 Å². The van der Waals surface area contributed by atoms with Crippen LogP contribution in [0.3, 0.4) is 0 Å². The topological polar surface area (TPSA) is 38.3 Å². The summed E-state index contributed by atoms with van der Waals surface area (Å²) in [6.07, 6.45) is 0. The Morgan fingerprint density at radius 3 is 2.59 bits per heavy atom. The molecule has 0 aliphatic carbocycles. The highest BCUT2D eigenvalue weighted by Gasteiger charge is 2.12. The van der Waals surface area contributed by atoms with E-state index in [9.17, 15) is 13.6 Å². The first-order valence-corrected chi connectivity index (χ1v) is 6.96. The number of anilines is 1. The second kappa shape index (κ2) is 6.94. The molecule has 0 atom stereocenters. The van der Waals surface area contributed by atoms with Gasteiger partial charge in [0.1, 0.15) is 17.4 Å². The molecule has 0 unspecified atom stereocenters. The average Bonchev–Trinajstić information content (AvgIpc) is 2.40. The number of benzene rings is 2. The summed E-state index contributed by atoms with van der Waals surface area (Å²) in [6, 6.07) is 5.98. The van der Waals surface area contributed by atoms with Gasteiger partial charge in [0.05, 0.1) is 10.7 Å². The van der Waals surface area contributed by atoms with Gasteiger partial charge in [0.25, 0.3) is 5.91 Å². The third-order valence-electron chi connectivity index (χ3n) is 2.75. The highest BCUT2D eigenvalue weighted by atomic mass is 35.5. The molecule has 116 valence electrons. The van der Waals surface area contributed by atoms with Gasteiger partial charge in [-0.3, -0.25) is 4.79 Å². The molecule has 0 spiro atoms. The number of hydrogen-bond donors (Lipinski definition) is 1. The molecule has 22 heavy (non-hydrogen) atoms. The fourth-order valence-corrected chi connectivity index (χ4v) is 2.44. The van der Waals surface area contributed by atoms with Gasteiger partial charge in [-0.2, -0.15) is 0 Å². The quantitative estimate of drug-likeness (QED) is 0.879. The average molecular weight is 346 g/mol. The Bertz CT molecular complexity index is 700. The molecule has 3 nitrogen and oxygen atoms in total. The zero-order valence-electron chi connectivity index (χ0n) is 11.4. The summed E-state index contributed by atoms with van der Waals surface area (Å²) >= 11 is 11.8. The summed E-state index contributed by atoms with van der Waals surface area (Å²) in [5, 5.41) is 3.00. The lowest BCUT2D eigenvalue weighted by atomic mass is 10.2. The van der Waals surface area contributed by atoms with Crippen LogP contribution in [0.25, 0.3) is 0 Å². The fourth-order valence-electron chi connectivity index (χ4n) is 1.79.